The van der Waals surface area contributed by atoms with Gasteiger partial charge in [-0.25, -0.2) is 0 Å². The van der Waals surface area contributed by atoms with Crippen LogP contribution in [0.1, 0.15) is 137 Å². The molecule has 0 aliphatic heterocycles. The highest BCUT2D eigenvalue weighted by atomic mass is 16.6. The molecule has 0 amide bonds. The number of carbonyl (C=O) groups is 6. The van der Waals surface area contributed by atoms with Crippen LogP contribution in [0.2, 0.25) is 0 Å². The van der Waals surface area contributed by atoms with Crippen LogP contribution in [0.3, 0.4) is 0 Å². The Kier molecular flexibility index (Phi) is 12.0. The molecule has 0 heterocycles. The van der Waals surface area contributed by atoms with Crippen molar-refractivity contribution in [3.63, 3.8) is 0 Å². The van der Waals surface area contributed by atoms with E-state index < -0.39 is 47.3 Å². The monoisotopic (exact) mass is 758 g/mol. The molecule has 5 fully saturated rings. The summed E-state index contributed by atoms with van der Waals surface area (Å²) in [4.78, 5) is 71.9. The molecular weight excluding hydrogens is 696 g/mol. The van der Waals surface area contributed by atoms with Crippen LogP contribution in [0.4, 0.5) is 0 Å². The minimum atomic E-state index is -1.09. The quantitative estimate of drug-likeness (QED) is 0.0865. The van der Waals surface area contributed by atoms with Crippen molar-refractivity contribution in [3.8, 4) is 0 Å². The Hall–Kier alpha value is -3.44. The molecular formula is C42H62O12. The van der Waals surface area contributed by atoms with Crippen molar-refractivity contribution in [1.29, 1.82) is 0 Å². The highest BCUT2D eigenvalue weighted by Gasteiger charge is 2.71. The summed E-state index contributed by atoms with van der Waals surface area (Å²) in [6, 6.07) is 0. The SMILES string of the molecule is C=C(C)[C@@H]1CC[C@]2(COC(=O)CCC(=O)O)CC[C@]3(C)[C@H](CC[C@@H]4[C@@]5(C)CC[C@H](OC(=O)CCC(=O)O)[C@@](C)(COC(=O)CCC(=O)O)[C@@H]5CC[C@]43C)[C@@H]12. The number of ether oxygens (including phenoxy) is 3. The van der Waals surface area contributed by atoms with Crippen LogP contribution in [0.25, 0.3) is 0 Å². The lowest BCUT2D eigenvalue weighted by molar-refractivity contribution is -0.259. The van der Waals surface area contributed by atoms with E-state index in [2.05, 4.69) is 34.3 Å². The molecule has 0 aromatic carbocycles. The average Bonchev–Trinajstić information content (AvgIpc) is 3.49. The fourth-order valence-corrected chi connectivity index (χ4v) is 13.2. The molecule has 0 aromatic rings. The number of hydrogen-bond donors (Lipinski definition) is 3. The van der Waals surface area contributed by atoms with Crippen molar-refractivity contribution in [2.45, 2.75) is 143 Å². The number of hydrogen-bond acceptors (Lipinski definition) is 9. The smallest absolute Gasteiger partial charge is 0.306 e. The Bertz CT molecular complexity index is 1520. The first kappa shape index (κ1) is 41.7. The topological polar surface area (TPSA) is 191 Å². The minimum absolute atomic E-state index is 0.0177. The molecule has 0 bridgehead atoms. The number of allylic oxidation sites excluding steroid dienone is 1. The van der Waals surface area contributed by atoms with Crippen LogP contribution in [0, 0.1) is 56.7 Å². The van der Waals surface area contributed by atoms with Gasteiger partial charge in [0.25, 0.3) is 0 Å². The van der Waals surface area contributed by atoms with Crippen molar-refractivity contribution in [2.24, 2.45) is 56.7 Å². The number of aliphatic carboxylic acids is 3. The molecule has 0 radical (unpaired) electrons. The lowest BCUT2D eigenvalue weighted by Gasteiger charge is -2.73. The Balaban J connectivity index is 1.43. The zero-order valence-electron chi connectivity index (χ0n) is 32.9. The third-order valence-electron chi connectivity index (χ3n) is 15.9. The first-order valence-electron chi connectivity index (χ1n) is 20.0. The van der Waals surface area contributed by atoms with E-state index in [1.807, 2.05) is 6.92 Å². The third-order valence-corrected chi connectivity index (χ3v) is 15.9. The van der Waals surface area contributed by atoms with Crippen LogP contribution < -0.4 is 0 Å². The van der Waals surface area contributed by atoms with Crippen LogP contribution in [-0.4, -0.2) is 70.5 Å². The second-order valence-corrected chi connectivity index (χ2v) is 18.6. The zero-order valence-corrected chi connectivity index (χ0v) is 32.9. The van der Waals surface area contributed by atoms with Gasteiger partial charge in [0, 0.05) is 10.8 Å². The number of carboxylic acid groups (broad SMARTS) is 3. The van der Waals surface area contributed by atoms with Crippen LogP contribution >= 0.6 is 0 Å². The van der Waals surface area contributed by atoms with E-state index in [4.69, 9.17) is 24.4 Å². The summed E-state index contributed by atoms with van der Waals surface area (Å²) in [7, 11) is 0. The molecule has 3 N–H and O–H groups in total. The maximum Gasteiger partial charge on any atom is 0.306 e. The van der Waals surface area contributed by atoms with Gasteiger partial charge < -0.3 is 29.5 Å². The van der Waals surface area contributed by atoms with E-state index >= 15 is 0 Å². The van der Waals surface area contributed by atoms with Gasteiger partial charge in [0.15, 0.2) is 0 Å². The number of carbonyl (C=O) groups excluding carboxylic acids is 3. The maximum atomic E-state index is 13.0. The number of rotatable bonds is 15. The molecule has 54 heavy (non-hydrogen) atoms. The van der Waals surface area contributed by atoms with Gasteiger partial charge in [-0.3, -0.25) is 28.8 Å². The minimum Gasteiger partial charge on any atom is -0.481 e. The van der Waals surface area contributed by atoms with E-state index in [9.17, 15) is 33.9 Å². The summed E-state index contributed by atoms with van der Waals surface area (Å²) < 4.78 is 17.7. The van der Waals surface area contributed by atoms with Crippen LogP contribution in [-0.2, 0) is 43.0 Å². The van der Waals surface area contributed by atoms with Crippen molar-refractivity contribution >= 4 is 35.8 Å². The molecule has 5 saturated carbocycles. The fourth-order valence-electron chi connectivity index (χ4n) is 13.2. The van der Waals surface area contributed by atoms with Gasteiger partial charge >= 0.3 is 35.8 Å². The molecule has 302 valence electrons. The maximum absolute atomic E-state index is 13.0. The molecule has 0 aromatic heterocycles. The van der Waals surface area contributed by atoms with E-state index in [-0.39, 0.29) is 72.7 Å². The molecule has 12 heteroatoms. The normalized spacial score (nSPS) is 39.4. The lowest BCUT2D eigenvalue weighted by atomic mass is 9.32. The average molecular weight is 759 g/mol. The summed E-state index contributed by atoms with van der Waals surface area (Å²) in [6.07, 6.45) is 6.77. The van der Waals surface area contributed by atoms with E-state index in [0.717, 1.165) is 63.4 Å². The fraction of sp³-hybridized carbons (Fsp3) is 0.810. The summed E-state index contributed by atoms with van der Waals surface area (Å²) in [5.41, 5.74) is -0.0441. The Morgan fingerprint density at radius 2 is 1.19 bits per heavy atom. The van der Waals surface area contributed by atoms with Crippen molar-refractivity contribution in [3.05, 3.63) is 12.2 Å². The van der Waals surface area contributed by atoms with Crippen molar-refractivity contribution in [2.75, 3.05) is 13.2 Å². The predicted molar refractivity (Wildman–Crippen MR) is 196 cm³/mol. The second-order valence-electron chi connectivity index (χ2n) is 18.6. The number of fused-ring (bicyclic) bond motifs is 7. The van der Waals surface area contributed by atoms with Crippen LogP contribution in [0.5, 0.6) is 0 Å². The molecule has 12 nitrogen and oxygen atoms in total. The predicted octanol–water partition coefficient (Wildman–Crippen LogP) is 7.22. The Labute approximate surface area is 319 Å². The first-order chi connectivity index (χ1) is 25.2. The lowest BCUT2D eigenvalue weighted by Crippen LogP contribution is -2.67. The molecule has 0 saturated heterocycles. The summed E-state index contributed by atoms with van der Waals surface area (Å²) in [5, 5.41) is 27.4. The molecule has 5 aliphatic carbocycles. The summed E-state index contributed by atoms with van der Waals surface area (Å²) >= 11 is 0. The van der Waals surface area contributed by atoms with Gasteiger partial charge in [0.05, 0.1) is 45.1 Å². The van der Waals surface area contributed by atoms with E-state index in [0.29, 0.717) is 36.7 Å². The van der Waals surface area contributed by atoms with Gasteiger partial charge in [-0.05, 0) is 117 Å². The molecule has 0 unspecified atom stereocenters. The van der Waals surface area contributed by atoms with E-state index in [1.54, 1.807) is 0 Å². The van der Waals surface area contributed by atoms with Gasteiger partial charge in [-0.2, -0.15) is 0 Å². The Morgan fingerprint density at radius 1 is 0.611 bits per heavy atom. The highest BCUT2D eigenvalue weighted by molar-refractivity contribution is 5.77. The van der Waals surface area contributed by atoms with Gasteiger partial charge in [-0.15, -0.1) is 0 Å². The second kappa shape index (κ2) is 15.6. The number of esters is 3. The summed E-state index contributed by atoms with van der Waals surface area (Å²) in [6.45, 7) is 16.2. The third kappa shape index (κ3) is 7.56. The van der Waals surface area contributed by atoms with Crippen molar-refractivity contribution < 1.29 is 58.3 Å². The van der Waals surface area contributed by atoms with Crippen molar-refractivity contribution in [1.82, 2.24) is 0 Å². The molecule has 5 rings (SSSR count). The summed E-state index contributed by atoms with van der Waals surface area (Å²) in [5.74, 6) is -3.54. The Morgan fingerprint density at radius 3 is 1.76 bits per heavy atom. The standard InChI is InChI=1S/C42H62O12/c1-25(2)26-15-20-42(24-53-35(50)13-10-32(45)46)22-21-40(5)27(37(26)42)7-8-29-38(3)18-17-30(54-36(51)14-11-33(47)48)39(4,28(38)16-19-41(29,40)6)23-52-34(49)12-9-31(43)44/h26-30,37H,1,7-24H2,2-6H3,(H,43,44)(H,45,46)(H,47,48)/t26-,27+,28+,29+,30-,37+,38-,39-,40+,41+,42+/m0/s1. The van der Waals surface area contributed by atoms with Gasteiger partial charge in [0.2, 0.25) is 0 Å². The van der Waals surface area contributed by atoms with Crippen LogP contribution in [0.15, 0.2) is 12.2 Å². The van der Waals surface area contributed by atoms with Gasteiger partial charge in [-0.1, -0.05) is 39.8 Å². The molecule has 0 spiro atoms. The zero-order chi connectivity index (χ0) is 39.9. The highest BCUT2D eigenvalue weighted by Crippen LogP contribution is 2.77. The molecule has 11 atom stereocenters. The molecule has 5 aliphatic rings. The largest absolute Gasteiger partial charge is 0.481 e. The van der Waals surface area contributed by atoms with E-state index in [1.165, 1.54) is 0 Å². The van der Waals surface area contributed by atoms with Gasteiger partial charge in [0.1, 0.15) is 12.7 Å². The number of carboxylic acids is 3. The first-order valence-corrected chi connectivity index (χ1v) is 20.0.